The lowest BCUT2D eigenvalue weighted by Crippen LogP contribution is -2.23. The topological polar surface area (TPSA) is 38.2 Å². The molecule has 0 aliphatic heterocycles. The number of aromatic nitrogens is 2. The lowest BCUT2D eigenvalue weighted by atomic mass is 10.1. The number of rotatable bonds is 7. The third-order valence-electron chi connectivity index (χ3n) is 3.22. The van der Waals surface area contributed by atoms with Crippen molar-refractivity contribution in [2.75, 3.05) is 18.1 Å². The van der Waals surface area contributed by atoms with Crippen molar-refractivity contribution in [1.82, 2.24) is 10.2 Å². The first-order chi connectivity index (χ1) is 10.6. The van der Waals surface area contributed by atoms with Crippen LogP contribution in [0.5, 0.6) is 5.75 Å². The predicted molar refractivity (Wildman–Crippen MR) is 90.5 cm³/mol. The standard InChI is InChI=1S/C17H22ClN3O/c1-4-21(17-6-5-9-19-20-17)11-14-10-15(18)7-8-16(14)22-12-13(2)3/h5-10,13H,4,11-12H2,1-3H3. The summed E-state index contributed by atoms with van der Waals surface area (Å²) in [6.07, 6.45) is 1.67. The molecule has 0 amide bonds. The van der Waals surface area contributed by atoms with Crippen LogP contribution in [0.15, 0.2) is 36.5 Å². The summed E-state index contributed by atoms with van der Waals surface area (Å²) in [5.74, 6) is 2.20. The molecular weight excluding hydrogens is 298 g/mol. The second-order valence-electron chi connectivity index (χ2n) is 5.55. The summed E-state index contributed by atoms with van der Waals surface area (Å²) < 4.78 is 5.91. The molecule has 0 aliphatic carbocycles. The van der Waals surface area contributed by atoms with Crippen molar-refractivity contribution in [1.29, 1.82) is 0 Å². The van der Waals surface area contributed by atoms with Crippen LogP contribution < -0.4 is 9.64 Å². The van der Waals surface area contributed by atoms with Gasteiger partial charge in [-0.1, -0.05) is 25.4 Å². The van der Waals surface area contributed by atoms with Gasteiger partial charge in [-0.15, -0.1) is 5.10 Å². The maximum atomic E-state index is 6.15. The van der Waals surface area contributed by atoms with E-state index >= 15 is 0 Å². The van der Waals surface area contributed by atoms with E-state index in [1.54, 1.807) is 6.20 Å². The minimum Gasteiger partial charge on any atom is -0.493 e. The Balaban J connectivity index is 2.21. The molecule has 0 aliphatic rings. The van der Waals surface area contributed by atoms with E-state index in [4.69, 9.17) is 16.3 Å². The fourth-order valence-corrected chi connectivity index (χ4v) is 2.29. The normalized spacial score (nSPS) is 10.8. The molecule has 1 aromatic carbocycles. The summed E-state index contributed by atoms with van der Waals surface area (Å²) in [4.78, 5) is 2.14. The first kappa shape index (κ1) is 16.6. The van der Waals surface area contributed by atoms with Crippen LogP contribution in [-0.2, 0) is 6.54 Å². The van der Waals surface area contributed by atoms with Crippen LogP contribution in [0.4, 0.5) is 5.82 Å². The van der Waals surface area contributed by atoms with E-state index in [-0.39, 0.29) is 0 Å². The highest BCUT2D eigenvalue weighted by Crippen LogP contribution is 2.26. The van der Waals surface area contributed by atoms with Crippen molar-refractivity contribution >= 4 is 17.4 Å². The Morgan fingerprint density at radius 2 is 2.09 bits per heavy atom. The van der Waals surface area contributed by atoms with Gasteiger partial charge >= 0.3 is 0 Å². The number of nitrogens with zero attached hydrogens (tertiary/aromatic N) is 3. The third-order valence-corrected chi connectivity index (χ3v) is 3.45. The van der Waals surface area contributed by atoms with E-state index in [1.807, 2.05) is 30.3 Å². The predicted octanol–water partition coefficient (Wildman–Crippen LogP) is 4.19. The molecule has 0 N–H and O–H groups in total. The molecule has 118 valence electrons. The Morgan fingerprint density at radius 1 is 1.27 bits per heavy atom. The van der Waals surface area contributed by atoms with Crippen LogP contribution >= 0.6 is 11.6 Å². The van der Waals surface area contributed by atoms with Gasteiger partial charge in [0, 0.05) is 29.9 Å². The van der Waals surface area contributed by atoms with E-state index < -0.39 is 0 Å². The van der Waals surface area contributed by atoms with Crippen molar-refractivity contribution in [2.24, 2.45) is 5.92 Å². The Bertz CT molecular complexity index is 590. The zero-order chi connectivity index (χ0) is 15.9. The fraction of sp³-hybridized carbons (Fsp3) is 0.412. The molecule has 0 atom stereocenters. The molecule has 0 radical (unpaired) electrons. The highest BCUT2D eigenvalue weighted by atomic mass is 35.5. The first-order valence-corrected chi connectivity index (χ1v) is 7.91. The Hall–Kier alpha value is -1.81. The van der Waals surface area contributed by atoms with Gasteiger partial charge in [-0.3, -0.25) is 0 Å². The molecule has 0 spiro atoms. The van der Waals surface area contributed by atoms with Crippen molar-refractivity contribution in [3.8, 4) is 5.75 Å². The van der Waals surface area contributed by atoms with Gasteiger partial charge in [0.25, 0.3) is 0 Å². The lowest BCUT2D eigenvalue weighted by molar-refractivity contribution is 0.268. The summed E-state index contributed by atoms with van der Waals surface area (Å²) in [6.45, 7) is 8.55. The maximum absolute atomic E-state index is 6.15. The Morgan fingerprint density at radius 3 is 2.73 bits per heavy atom. The third kappa shape index (κ3) is 4.60. The van der Waals surface area contributed by atoms with Crippen LogP contribution in [0.3, 0.4) is 0 Å². The second kappa shape index (κ2) is 7.99. The van der Waals surface area contributed by atoms with Gasteiger partial charge in [0.15, 0.2) is 5.82 Å². The van der Waals surface area contributed by atoms with Crippen LogP contribution in [-0.4, -0.2) is 23.3 Å². The van der Waals surface area contributed by atoms with E-state index in [9.17, 15) is 0 Å². The number of hydrogen-bond donors (Lipinski definition) is 0. The number of anilines is 1. The lowest BCUT2D eigenvalue weighted by Gasteiger charge is -2.23. The van der Waals surface area contributed by atoms with Crippen LogP contribution in [0.2, 0.25) is 5.02 Å². The fourth-order valence-electron chi connectivity index (χ4n) is 2.09. The summed E-state index contributed by atoms with van der Waals surface area (Å²) in [7, 11) is 0. The molecule has 0 saturated heterocycles. The SMILES string of the molecule is CCN(Cc1cc(Cl)ccc1OCC(C)C)c1cccnn1. The zero-order valence-electron chi connectivity index (χ0n) is 13.3. The number of halogens is 1. The van der Waals surface area contributed by atoms with E-state index in [2.05, 4.69) is 35.9 Å². The van der Waals surface area contributed by atoms with Crippen molar-refractivity contribution < 1.29 is 4.74 Å². The van der Waals surface area contributed by atoms with Crippen LogP contribution in [0, 0.1) is 5.92 Å². The number of benzene rings is 1. The quantitative estimate of drug-likeness (QED) is 0.767. The van der Waals surface area contributed by atoms with Gasteiger partial charge in [0.1, 0.15) is 5.75 Å². The summed E-state index contributed by atoms with van der Waals surface area (Å²) >= 11 is 6.15. The largest absolute Gasteiger partial charge is 0.493 e. The smallest absolute Gasteiger partial charge is 0.151 e. The summed E-state index contributed by atoms with van der Waals surface area (Å²) in [5.41, 5.74) is 1.06. The average molecular weight is 320 g/mol. The minimum absolute atomic E-state index is 0.478. The molecule has 22 heavy (non-hydrogen) atoms. The second-order valence-corrected chi connectivity index (χ2v) is 5.99. The first-order valence-electron chi connectivity index (χ1n) is 7.54. The van der Waals surface area contributed by atoms with Gasteiger partial charge in [-0.25, -0.2) is 0 Å². The Kier molecular flexibility index (Phi) is 6.01. The molecule has 0 saturated carbocycles. The van der Waals surface area contributed by atoms with E-state index in [1.165, 1.54) is 0 Å². The monoisotopic (exact) mass is 319 g/mol. The van der Waals surface area contributed by atoms with Crippen molar-refractivity contribution in [3.05, 3.63) is 47.1 Å². The molecular formula is C17H22ClN3O. The van der Waals surface area contributed by atoms with Crippen molar-refractivity contribution in [2.45, 2.75) is 27.3 Å². The van der Waals surface area contributed by atoms with Gasteiger partial charge in [-0.05, 0) is 43.2 Å². The van der Waals surface area contributed by atoms with Gasteiger partial charge in [0.05, 0.1) is 6.61 Å². The maximum Gasteiger partial charge on any atom is 0.151 e. The molecule has 5 heteroatoms. The van der Waals surface area contributed by atoms with E-state index in [0.29, 0.717) is 24.1 Å². The van der Waals surface area contributed by atoms with Crippen LogP contribution in [0.25, 0.3) is 0 Å². The van der Waals surface area contributed by atoms with Gasteiger partial charge in [-0.2, -0.15) is 5.10 Å². The molecule has 0 bridgehead atoms. The van der Waals surface area contributed by atoms with Crippen molar-refractivity contribution in [3.63, 3.8) is 0 Å². The molecule has 2 rings (SSSR count). The molecule has 1 aromatic heterocycles. The molecule has 4 nitrogen and oxygen atoms in total. The summed E-state index contributed by atoms with van der Waals surface area (Å²) in [5, 5.41) is 8.83. The van der Waals surface area contributed by atoms with Gasteiger partial charge < -0.3 is 9.64 Å². The highest BCUT2D eigenvalue weighted by Gasteiger charge is 2.12. The molecule has 2 aromatic rings. The highest BCUT2D eigenvalue weighted by molar-refractivity contribution is 6.30. The van der Waals surface area contributed by atoms with E-state index in [0.717, 1.165) is 23.7 Å². The Labute approximate surface area is 137 Å². The molecule has 1 heterocycles. The molecule has 0 fully saturated rings. The number of hydrogen-bond acceptors (Lipinski definition) is 4. The molecule has 0 unspecified atom stereocenters. The minimum atomic E-state index is 0.478. The number of ether oxygens (including phenoxy) is 1. The van der Waals surface area contributed by atoms with Crippen LogP contribution in [0.1, 0.15) is 26.3 Å². The summed E-state index contributed by atoms with van der Waals surface area (Å²) in [6, 6.07) is 9.59. The van der Waals surface area contributed by atoms with Gasteiger partial charge in [0.2, 0.25) is 0 Å². The zero-order valence-corrected chi connectivity index (χ0v) is 14.0. The average Bonchev–Trinajstić information content (AvgIpc) is 2.52.